The molecule has 4 aromatic carbocycles. The minimum atomic E-state index is -4.84. The number of amides is 8. The zero-order valence-corrected chi connectivity index (χ0v) is 43.3. The van der Waals surface area contributed by atoms with E-state index in [1.165, 1.54) is 31.2 Å². The molecule has 0 saturated carbocycles. The number of hydrogen-bond donors (Lipinski definition) is 9. The molecule has 0 aliphatic carbocycles. The Morgan fingerprint density at radius 1 is 0.500 bits per heavy atom. The van der Waals surface area contributed by atoms with Crippen LogP contribution in [0.2, 0.25) is 0 Å². The number of rotatable bonds is 28. The quantitative estimate of drug-likeness (QED) is 0.0287. The molecule has 0 aliphatic rings. The first-order valence-electron chi connectivity index (χ1n) is 24.0. The largest absolute Gasteiger partial charge is 0.461 e. The molecule has 8 amide bonds. The van der Waals surface area contributed by atoms with Crippen LogP contribution in [-0.2, 0) is 84.3 Å². The predicted octanol–water partition coefficient (Wildman–Crippen LogP) is 1.44. The molecule has 0 unspecified atom stereocenters. The van der Waals surface area contributed by atoms with E-state index >= 15 is 0 Å². The molecule has 0 bridgehead atoms. The van der Waals surface area contributed by atoms with E-state index in [-0.39, 0.29) is 31.8 Å². The highest BCUT2D eigenvalue weighted by atomic mass is 32.3. The van der Waals surface area contributed by atoms with Crippen LogP contribution < -0.4 is 47.1 Å². The third kappa shape index (κ3) is 21.2. The molecule has 76 heavy (non-hydrogen) atoms. The summed E-state index contributed by atoms with van der Waals surface area (Å²) in [6, 6.07) is 22.3. The molecule has 0 heterocycles. The van der Waals surface area contributed by atoms with E-state index in [0.717, 1.165) is 0 Å². The molecule has 4 aromatic rings. The molecular formula is C52H64N8O15S. The SMILES string of the molecule is CC(C)[C@H](NC(=O)[C@H](CC(=O)OCc1ccccc1)NC(=O)[C@H](Cc1ccccc1)NC(=O)[C@@H](C)NC(=O)[C@H](Cc1ccc(OS(=O)(=O)O)cc1)NC(=O)OCc1ccccc1)C(=O)N[C@H](C(=O)NCC(N)=O)C(C)C. The summed E-state index contributed by atoms with van der Waals surface area (Å²) in [7, 11) is -4.84. The molecule has 0 spiro atoms. The lowest BCUT2D eigenvalue weighted by atomic mass is 9.99. The number of alkyl carbamates (subject to hydrolysis) is 1. The lowest BCUT2D eigenvalue weighted by molar-refractivity contribution is -0.148. The van der Waals surface area contributed by atoms with Crippen molar-refractivity contribution >= 4 is 63.8 Å². The first-order chi connectivity index (χ1) is 36.0. The summed E-state index contributed by atoms with van der Waals surface area (Å²) in [5, 5.41) is 17.7. The Bertz CT molecular complexity index is 2730. The molecule has 10 N–H and O–H groups in total. The molecule has 24 heteroatoms. The van der Waals surface area contributed by atoms with E-state index in [1.54, 1.807) is 119 Å². The Balaban J connectivity index is 1.58. The number of ether oxygens (including phenoxy) is 2. The normalized spacial score (nSPS) is 13.5. The molecule has 23 nitrogen and oxygen atoms in total. The van der Waals surface area contributed by atoms with Crippen molar-refractivity contribution in [3.05, 3.63) is 138 Å². The standard InChI is InChI=1S/C52H64N8O15S/c1-31(2)44(50(67)54-28-42(53)61)60-51(68)45(32(3)4)59-49(66)41(27-43(62)73-29-36-17-11-7-12-18-36)57-48(65)39(25-34-15-9-6-10-16-34)56-46(63)33(5)55-47(64)40(58-52(69)74-30-37-19-13-8-14-20-37)26-35-21-23-38(24-22-35)75-76(70,71)72/h6-24,31-33,39-41,44-45H,25-30H2,1-5H3,(H2,53,61)(H,54,67)(H,55,64)(H,56,63)(H,57,65)(H,58,69)(H,59,66)(H,60,68)(H,70,71,72)/t33-,39+,40+,41+,44+,45+/m1/s1. The van der Waals surface area contributed by atoms with Crippen molar-refractivity contribution < 1.29 is 69.8 Å². The van der Waals surface area contributed by atoms with Crippen LogP contribution >= 0.6 is 0 Å². The van der Waals surface area contributed by atoms with Crippen LogP contribution in [0.25, 0.3) is 0 Å². The van der Waals surface area contributed by atoms with Gasteiger partial charge in [-0.2, -0.15) is 8.42 Å². The van der Waals surface area contributed by atoms with Crippen LogP contribution in [0, 0.1) is 11.8 Å². The van der Waals surface area contributed by atoms with Gasteiger partial charge in [-0.1, -0.05) is 131 Å². The Labute approximate surface area is 440 Å². The van der Waals surface area contributed by atoms with Gasteiger partial charge in [-0.05, 0) is 53.1 Å². The second-order valence-electron chi connectivity index (χ2n) is 18.2. The van der Waals surface area contributed by atoms with E-state index in [9.17, 15) is 51.6 Å². The Kier molecular flexibility index (Phi) is 23.4. The maximum Gasteiger partial charge on any atom is 0.446 e. The Morgan fingerprint density at radius 3 is 1.45 bits per heavy atom. The fourth-order valence-electron chi connectivity index (χ4n) is 7.19. The molecular weight excluding hydrogens is 1010 g/mol. The van der Waals surface area contributed by atoms with E-state index in [1.807, 2.05) is 0 Å². The summed E-state index contributed by atoms with van der Waals surface area (Å²) in [5.74, 6) is -8.38. The van der Waals surface area contributed by atoms with Gasteiger partial charge >= 0.3 is 22.5 Å². The van der Waals surface area contributed by atoms with Gasteiger partial charge in [-0.3, -0.25) is 42.9 Å². The van der Waals surface area contributed by atoms with Gasteiger partial charge in [0, 0.05) is 12.8 Å². The van der Waals surface area contributed by atoms with Crippen molar-refractivity contribution in [2.75, 3.05) is 6.54 Å². The van der Waals surface area contributed by atoms with Gasteiger partial charge in [0.15, 0.2) is 0 Å². The highest BCUT2D eigenvalue weighted by Crippen LogP contribution is 2.16. The first kappa shape index (κ1) is 60.2. The molecule has 0 aromatic heterocycles. The van der Waals surface area contributed by atoms with Crippen LogP contribution in [0.15, 0.2) is 115 Å². The van der Waals surface area contributed by atoms with Crippen LogP contribution in [-0.4, -0.2) is 109 Å². The number of benzene rings is 4. The number of esters is 1. The smallest absolute Gasteiger partial charge is 0.446 e. The van der Waals surface area contributed by atoms with Crippen molar-refractivity contribution in [3.8, 4) is 5.75 Å². The van der Waals surface area contributed by atoms with Gasteiger partial charge in [0.25, 0.3) is 0 Å². The highest BCUT2D eigenvalue weighted by molar-refractivity contribution is 7.81. The Morgan fingerprint density at radius 2 is 0.934 bits per heavy atom. The van der Waals surface area contributed by atoms with E-state index in [4.69, 9.17) is 19.8 Å². The van der Waals surface area contributed by atoms with Crippen molar-refractivity contribution in [1.29, 1.82) is 0 Å². The molecule has 0 fully saturated rings. The molecule has 408 valence electrons. The molecule has 0 aliphatic heterocycles. The van der Waals surface area contributed by atoms with E-state index < -0.39 is 125 Å². The van der Waals surface area contributed by atoms with Crippen molar-refractivity contribution in [2.45, 2.75) is 103 Å². The second-order valence-corrected chi connectivity index (χ2v) is 19.2. The van der Waals surface area contributed by atoms with Gasteiger partial charge in [-0.25, -0.2) is 4.79 Å². The number of nitrogens with two attached hydrogens (primary N) is 1. The van der Waals surface area contributed by atoms with Gasteiger partial charge < -0.3 is 56.6 Å². The summed E-state index contributed by atoms with van der Waals surface area (Å²) >= 11 is 0. The maximum absolute atomic E-state index is 14.4. The number of carbonyl (C=O) groups excluding carboxylic acids is 9. The monoisotopic (exact) mass is 1070 g/mol. The minimum absolute atomic E-state index is 0.156. The fourth-order valence-corrected chi connectivity index (χ4v) is 7.54. The van der Waals surface area contributed by atoms with Crippen LogP contribution in [0.4, 0.5) is 4.79 Å². The Hall–Kier alpha value is -8.38. The van der Waals surface area contributed by atoms with Crippen molar-refractivity contribution in [1.82, 2.24) is 37.2 Å². The minimum Gasteiger partial charge on any atom is -0.461 e. The van der Waals surface area contributed by atoms with Crippen molar-refractivity contribution in [2.24, 2.45) is 17.6 Å². The van der Waals surface area contributed by atoms with Crippen molar-refractivity contribution in [3.63, 3.8) is 0 Å². The van der Waals surface area contributed by atoms with E-state index in [0.29, 0.717) is 22.3 Å². The third-order valence-electron chi connectivity index (χ3n) is 11.2. The van der Waals surface area contributed by atoms with Gasteiger partial charge in [-0.15, -0.1) is 0 Å². The average Bonchev–Trinajstić information content (AvgIpc) is 3.37. The number of nitrogens with one attached hydrogen (secondary N) is 7. The lowest BCUT2D eigenvalue weighted by Gasteiger charge is -2.29. The van der Waals surface area contributed by atoms with E-state index in [2.05, 4.69) is 41.4 Å². The second kappa shape index (κ2) is 29.5. The number of carbonyl (C=O) groups is 9. The van der Waals surface area contributed by atoms with Crippen LogP contribution in [0.1, 0.15) is 63.3 Å². The molecule has 0 radical (unpaired) electrons. The average molecular weight is 1070 g/mol. The summed E-state index contributed by atoms with van der Waals surface area (Å²) in [6.07, 6.45) is -2.16. The molecule has 0 saturated heterocycles. The zero-order chi connectivity index (χ0) is 56.0. The topological polar surface area (TPSA) is 346 Å². The summed E-state index contributed by atoms with van der Waals surface area (Å²) in [5.41, 5.74) is 7.36. The van der Waals surface area contributed by atoms with Crippen LogP contribution in [0.5, 0.6) is 5.75 Å². The maximum atomic E-state index is 14.4. The summed E-state index contributed by atoms with van der Waals surface area (Å²) < 4.78 is 46.8. The predicted molar refractivity (Wildman–Crippen MR) is 274 cm³/mol. The first-order valence-corrected chi connectivity index (χ1v) is 25.4. The molecule has 6 atom stereocenters. The number of primary amides is 1. The fraction of sp³-hybridized carbons (Fsp3) is 0.365. The summed E-state index contributed by atoms with van der Waals surface area (Å²) in [4.78, 5) is 121. The zero-order valence-electron chi connectivity index (χ0n) is 42.5. The summed E-state index contributed by atoms with van der Waals surface area (Å²) in [6.45, 7) is 6.96. The van der Waals surface area contributed by atoms with Gasteiger partial charge in [0.1, 0.15) is 55.2 Å². The highest BCUT2D eigenvalue weighted by Gasteiger charge is 2.36. The third-order valence-corrected chi connectivity index (χ3v) is 11.6. The lowest BCUT2D eigenvalue weighted by Crippen LogP contribution is -2.61. The van der Waals surface area contributed by atoms with Crippen LogP contribution in [0.3, 0.4) is 0 Å². The molecule has 4 rings (SSSR count). The van der Waals surface area contributed by atoms with Gasteiger partial charge in [0.05, 0.1) is 13.0 Å². The number of hydrogen-bond acceptors (Lipinski definition) is 14. The van der Waals surface area contributed by atoms with Gasteiger partial charge in [0.2, 0.25) is 41.4 Å².